The summed E-state index contributed by atoms with van der Waals surface area (Å²) in [6, 6.07) is 14.1. The largest absolute Gasteiger partial charge is 0.377 e. The molecule has 22 heavy (non-hydrogen) atoms. The lowest BCUT2D eigenvalue weighted by molar-refractivity contribution is 0.677. The van der Waals surface area contributed by atoms with Crippen molar-refractivity contribution in [2.45, 2.75) is 39.2 Å². The van der Waals surface area contributed by atoms with Gasteiger partial charge in [-0.15, -0.1) is 0 Å². The second-order valence-corrected chi connectivity index (χ2v) is 6.53. The predicted octanol–water partition coefficient (Wildman–Crippen LogP) is 4.65. The first-order valence-electron chi connectivity index (χ1n) is 8.46. The third-order valence-electron chi connectivity index (χ3n) is 5.41. The summed E-state index contributed by atoms with van der Waals surface area (Å²) in [6.07, 6.45) is 1.17. The molecule has 2 nitrogen and oxygen atoms in total. The van der Waals surface area contributed by atoms with Crippen molar-refractivity contribution in [1.82, 2.24) is 0 Å². The SMILES string of the molecule is CCN(CC)c1cc(C)c2c(c1)C1Cc3ccccc3C1N2. The van der Waals surface area contributed by atoms with E-state index < -0.39 is 0 Å². The minimum Gasteiger partial charge on any atom is -0.377 e. The van der Waals surface area contributed by atoms with E-state index >= 15 is 0 Å². The van der Waals surface area contributed by atoms with Crippen molar-refractivity contribution in [2.75, 3.05) is 23.3 Å². The molecule has 0 amide bonds. The number of aryl methyl sites for hydroxylation is 1. The number of nitrogens with one attached hydrogen (secondary N) is 1. The maximum atomic E-state index is 3.80. The van der Waals surface area contributed by atoms with E-state index in [1.807, 2.05) is 0 Å². The highest BCUT2D eigenvalue weighted by Gasteiger charge is 2.40. The van der Waals surface area contributed by atoms with Gasteiger partial charge in [0.2, 0.25) is 0 Å². The van der Waals surface area contributed by atoms with Crippen molar-refractivity contribution in [3.05, 3.63) is 58.7 Å². The molecule has 1 aliphatic carbocycles. The van der Waals surface area contributed by atoms with E-state index in [1.54, 1.807) is 0 Å². The molecule has 4 rings (SSSR count). The predicted molar refractivity (Wildman–Crippen MR) is 94.0 cm³/mol. The van der Waals surface area contributed by atoms with Crippen molar-refractivity contribution in [1.29, 1.82) is 0 Å². The Labute approximate surface area is 133 Å². The molecule has 0 aromatic heterocycles. The summed E-state index contributed by atoms with van der Waals surface area (Å²) >= 11 is 0. The van der Waals surface area contributed by atoms with Gasteiger partial charge in [-0.25, -0.2) is 0 Å². The fraction of sp³-hybridized carbons (Fsp3) is 0.400. The second kappa shape index (κ2) is 5.05. The first kappa shape index (κ1) is 13.7. The number of benzene rings is 2. The van der Waals surface area contributed by atoms with E-state index in [2.05, 4.69) is 67.4 Å². The Hall–Kier alpha value is -1.96. The number of hydrogen-bond acceptors (Lipinski definition) is 2. The van der Waals surface area contributed by atoms with Crippen molar-refractivity contribution < 1.29 is 0 Å². The average molecular weight is 292 g/mol. The van der Waals surface area contributed by atoms with Gasteiger partial charge < -0.3 is 10.2 Å². The quantitative estimate of drug-likeness (QED) is 0.886. The fourth-order valence-corrected chi connectivity index (χ4v) is 4.27. The standard InChI is InChI=1S/C20H24N2/c1-4-22(5-2)15-10-13(3)19-18(12-15)17-11-14-8-6-7-9-16(14)20(17)21-19/h6-10,12,17,20-21H,4-5,11H2,1-3H3. The van der Waals surface area contributed by atoms with Crippen LogP contribution in [-0.2, 0) is 6.42 Å². The third kappa shape index (κ3) is 1.86. The fourth-order valence-electron chi connectivity index (χ4n) is 4.27. The number of anilines is 2. The maximum absolute atomic E-state index is 3.80. The van der Waals surface area contributed by atoms with E-state index in [-0.39, 0.29) is 0 Å². The molecular formula is C20H24N2. The molecule has 0 saturated carbocycles. The Kier molecular flexibility index (Phi) is 3.14. The normalized spacial score (nSPS) is 21.0. The van der Waals surface area contributed by atoms with E-state index in [0.29, 0.717) is 12.0 Å². The Morgan fingerprint density at radius 1 is 1.09 bits per heavy atom. The molecule has 2 aliphatic rings. The molecule has 2 aromatic rings. The highest BCUT2D eigenvalue weighted by Crippen LogP contribution is 2.53. The average Bonchev–Trinajstić information content (AvgIpc) is 3.06. The summed E-state index contributed by atoms with van der Waals surface area (Å²) in [5, 5.41) is 3.80. The van der Waals surface area contributed by atoms with Crippen LogP contribution in [0, 0.1) is 6.92 Å². The zero-order valence-electron chi connectivity index (χ0n) is 13.7. The second-order valence-electron chi connectivity index (χ2n) is 6.53. The molecule has 1 N–H and O–H groups in total. The maximum Gasteiger partial charge on any atom is 0.0589 e. The molecular weight excluding hydrogens is 268 g/mol. The lowest BCUT2D eigenvalue weighted by Crippen LogP contribution is -2.22. The van der Waals surface area contributed by atoms with Crippen LogP contribution in [-0.4, -0.2) is 13.1 Å². The Morgan fingerprint density at radius 2 is 1.86 bits per heavy atom. The van der Waals surface area contributed by atoms with Crippen LogP contribution in [0.5, 0.6) is 0 Å². The van der Waals surface area contributed by atoms with Crippen LogP contribution in [0.4, 0.5) is 11.4 Å². The van der Waals surface area contributed by atoms with E-state index in [0.717, 1.165) is 13.1 Å². The topological polar surface area (TPSA) is 15.3 Å². The lowest BCUT2D eigenvalue weighted by atomic mass is 9.94. The van der Waals surface area contributed by atoms with Gasteiger partial charge in [-0.05, 0) is 61.6 Å². The smallest absolute Gasteiger partial charge is 0.0589 e. The summed E-state index contributed by atoms with van der Waals surface area (Å²) in [5.41, 5.74) is 8.66. The van der Waals surface area contributed by atoms with Crippen molar-refractivity contribution in [2.24, 2.45) is 0 Å². The van der Waals surface area contributed by atoms with Gasteiger partial charge in [0.05, 0.1) is 6.04 Å². The van der Waals surface area contributed by atoms with E-state index in [9.17, 15) is 0 Å². The molecule has 2 heteroatoms. The van der Waals surface area contributed by atoms with Crippen LogP contribution in [0.3, 0.4) is 0 Å². The molecule has 0 radical (unpaired) electrons. The van der Waals surface area contributed by atoms with Gasteiger partial charge in [0.15, 0.2) is 0 Å². The van der Waals surface area contributed by atoms with Gasteiger partial charge in [0.1, 0.15) is 0 Å². The zero-order valence-corrected chi connectivity index (χ0v) is 13.7. The summed E-state index contributed by atoms with van der Waals surface area (Å²) in [7, 11) is 0. The molecule has 0 spiro atoms. The van der Waals surface area contributed by atoms with Crippen molar-refractivity contribution in [3.63, 3.8) is 0 Å². The molecule has 2 unspecified atom stereocenters. The monoisotopic (exact) mass is 292 g/mol. The summed E-state index contributed by atoms with van der Waals surface area (Å²) in [5.74, 6) is 0.599. The van der Waals surface area contributed by atoms with Crippen molar-refractivity contribution >= 4 is 11.4 Å². The van der Waals surface area contributed by atoms with Gasteiger partial charge in [-0.1, -0.05) is 24.3 Å². The number of hydrogen-bond donors (Lipinski definition) is 1. The van der Waals surface area contributed by atoms with Crippen molar-refractivity contribution in [3.8, 4) is 0 Å². The van der Waals surface area contributed by atoms with Crippen LogP contribution < -0.4 is 10.2 Å². The summed E-state index contributed by atoms with van der Waals surface area (Å²) in [4.78, 5) is 2.45. The van der Waals surface area contributed by atoms with E-state index in [4.69, 9.17) is 0 Å². The minimum absolute atomic E-state index is 0.469. The molecule has 0 fully saturated rings. The molecule has 0 bridgehead atoms. The molecule has 2 atom stereocenters. The molecule has 1 aliphatic heterocycles. The van der Waals surface area contributed by atoms with Gasteiger partial charge in [-0.2, -0.15) is 0 Å². The number of nitrogens with zero attached hydrogens (tertiary/aromatic N) is 1. The molecule has 2 aromatic carbocycles. The lowest BCUT2D eigenvalue weighted by Gasteiger charge is -2.23. The van der Waals surface area contributed by atoms with Gasteiger partial charge >= 0.3 is 0 Å². The van der Waals surface area contributed by atoms with Gasteiger partial charge in [0.25, 0.3) is 0 Å². The third-order valence-corrected chi connectivity index (χ3v) is 5.41. The first-order valence-corrected chi connectivity index (χ1v) is 8.46. The van der Waals surface area contributed by atoms with Crippen LogP contribution in [0.25, 0.3) is 0 Å². The minimum atomic E-state index is 0.469. The molecule has 0 saturated heterocycles. The highest BCUT2D eigenvalue weighted by molar-refractivity contribution is 5.72. The van der Waals surface area contributed by atoms with Crippen LogP contribution in [0.1, 0.15) is 48.1 Å². The molecule has 114 valence electrons. The van der Waals surface area contributed by atoms with Crippen LogP contribution >= 0.6 is 0 Å². The molecule has 1 heterocycles. The Balaban J connectivity index is 1.77. The van der Waals surface area contributed by atoms with Crippen LogP contribution in [0.2, 0.25) is 0 Å². The van der Waals surface area contributed by atoms with Crippen LogP contribution in [0.15, 0.2) is 36.4 Å². The zero-order chi connectivity index (χ0) is 15.3. The number of rotatable bonds is 3. The number of fused-ring (bicyclic) bond motifs is 5. The Morgan fingerprint density at radius 3 is 2.64 bits per heavy atom. The summed E-state index contributed by atoms with van der Waals surface area (Å²) < 4.78 is 0. The van der Waals surface area contributed by atoms with Gasteiger partial charge in [0, 0.05) is 30.4 Å². The Bertz CT molecular complexity index is 716. The first-order chi connectivity index (χ1) is 10.7. The van der Waals surface area contributed by atoms with E-state index in [1.165, 1.54) is 40.0 Å². The highest BCUT2D eigenvalue weighted by atomic mass is 15.1. The summed E-state index contributed by atoms with van der Waals surface area (Å²) in [6.45, 7) is 8.84. The van der Waals surface area contributed by atoms with Gasteiger partial charge in [-0.3, -0.25) is 0 Å².